The molecule has 1 N–H and O–H groups in total. The maximum absolute atomic E-state index is 11.9. The number of aliphatic hydroxyl groups excluding tert-OH is 1. The Morgan fingerprint density at radius 1 is 1.25 bits per heavy atom. The third kappa shape index (κ3) is 2.02. The van der Waals surface area contributed by atoms with Crippen molar-refractivity contribution >= 4 is 11.8 Å². The van der Waals surface area contributed by atoms with Crippen molar-refractivity contribution in [3.05, 3.63) is 11.6 Å². The quantitative estimate of drug-likeness (QED) is 0.726. The van der Waals surface area contributed by atoms with Crippen LogP contribution in [0.25, 0.3) is 0 Å². The first-order valence-corrected chi connectivity index (χ1v) is 5.93. The molecule has 0 radical (unpaired) electrons. The van der Waals surface area contributed by atoms with E-state index in [0.29, 0.717) is 5.57 Å². The number of carbonyl (C=O) groups is 2. The lowest BCUT2D eigenvalue weighted by Gasteiger charge is -2.29. The van der Waals surface area contributed by atoms with Crippen molar-refractivity contribution < 1.29 is 14.7 Å². The van der Waals surface area contributed by atoms with E-state index in [-0.39, 0.29) is 30.9 Å². The molecule has 1 heterocycles. The molecule has 4 nitrogen and oxygen atoms in total. The maximum atomic E-state index is 11.9. The molecule has 0 aromatic heterocycles. The zero-order chi connectivity index (χ0) is 11.5. The van der Waals surface area contributed by atoms with Gasteiger partial charge < -0.3 is 5.11 Å². The van der Waals surface area contributed by atoms with E-state index in [2.05, 4.69) is 0 Å². The number of rotatable bonds is 3. The van der Waals surface area contributed by atoms with Gasteiger partial charge in [-0.15, -0.1) is 0 Å². The van der Waals surface area contributed by atoms with Gasteiger partial charge >= 0.3 is 0 Å². The summed E-state index contributed by atoms with van der Waals surface area (Å²) in [5, 5.41) is 8.80. The molecule has 0 bridgehead atoms. The van der Waals surface area contributed by atoms with Gasteiger partial charge in [0.05, 0.1) is 0 Å². The van der Waals surface area contributed by atoms with Gasteiger partial charge in [0.2, 0.25) is 0 Å². The fourth-order valence-electron chi connectivity index (χ4n) is 2.52. The second-order valence-electron chi connectivity index (χ2n) is 4.45. The van der Waals surface area contributed by atoms with Crippen LogP contribution in [0.15, 0.2) is 11.6 Å². The predicted molar refractivity (Wildman–Crippen MR) is 58.5 cm³/mol. The summed E-state index contributed by atoms with van der Waals surface area (Å²) in [5.74, 6) is -0.383. The highest BCUT2D eigenvalue weighted by Gasteiger charge is 2.36. The van der Waals surface area contributed by atoms with E-state index >= 15 is 0 Å². The van der Waals surface area contributed by atoms with Crippen LogP contribution in [0.2, 0.25) is 0 Å². The lowest BCUT2D eigenvalue weighted by atomic mass is 9.94. The third-order valence-corrected chi connectivity index (χ3v) is 3.35. The molecule has 0 aromatic carbocycles. The Balaban J connectivity index is 2.07. The minimum Gasteiger partial charge on any atom is -0.396 e. The molecular formula is C12H17NO3. The molecule has 0 aromatic rings. The van der Waals surface area contributed by atoms with Crippen molar-refractivity contribution in [1.29, 1.82) is 0 Å². The van der Waals surface area contributed by atoms with Gasteiger partial charge in [0.25, 0.3) is 11.8 Å². The van der Waals surface area contributed by atoms with Gasteiger partial charge in [-0.05, 0) is 12.8 Å². The number of carbonyl (C=O) groups excluding carboxylic acids is 2. The predicted octanol–water partition coefficient (Wildman–Crippen LogP) is 0.997. The average molecular weight is 223 g/mol. The van der Waals surface area contributed by atoms with Crippen LogP contribution in [-0.4, -0.2) is 34.5 Å². The zero-order valence-corrected chi connectivity index (χ0v) is 9.32. The van der Waals surface area contributed by atoms with Gasteiger partial charge in [-0.2, -0.15) is 0 Å². The first-order valence-electron chi connectivity index (χ1n) is 5.93. The van der Waals surface area contributed by atoms with Crippen LogP contribution < -0.4 is 0 Å². The molecule has 0 unspecified atom stereocenters. The van der Waals surface area contributed by atoms with Crippen molar-refractivity contribution in [2.75, 3.05) is 6.61 Å². The Labute approximate surface area is 94.9 Å². The van der Waals surface area contributed by atoms with Crippen molar-refractivity contribution in [2.45, 2.75) is 44.6 Å². The molecule has 2 rings (SSSR count). The van der Waals surface area contributed by atoms with E-state index in [1.807, 2.05) is 0 Å². The Morgan fingerprint density at radius 3 is 2.56 bits per heavy atom. The van der Waals surface area contributed by atoms with Crippen molar-refractivity contribution in [2.24, 2.45) is 0 Å². The number of amides is 2. The molecule has 1 aliphatic carbocycles. The standard InChI is InChI=1S/C12H17NO3/c14-7-6-9-8-11(15)13(12(9)16)10-4-2-1-3-5-10/h8,10,14H,1-7H2. The highest BCUT2D eigenvalue weighted by molar-refractivity contribution is 6.16. The van der Waals surface area contributed by atoms with Gasteiger partial charge in [0, 0.05) is 30.7 Å². The molecule has 0 saturated heterocycles. The second kappa shape index (κ2) is 4.78. The highest BCUT2D eigenvalue weighted by Crippen LogP contribution is 2.27. The van der Waals surface area contributed by atoms with E-state index < -0.39 is 0 Å². The van der Waals surface area contributed by atoms with Crippen LogP contribution in [-0.2, 0) is 9.59 Å². The summed E-state index contributed by atoms with van der Waals surface area (Å²) in [7, 11) is 0. The molecule has 2 aliphatic rings. The summed E-state index contributed by atoms with van der Waals surface area (Å²) in [6, 6.07) is 0.0844. The SMILES string of the molecule is O=C1C=C(CCO)C(=O)N1C1CCCCC1. The summed E-state index contributed by atoms with van der Waals surface area (Å²) < 4.78 is 0. The smallest absolute Gasteiger partial charge is 0.257 e. The fraction of sp³-hybridized carbons (Fsp3) is 0.667. The first-order chi connectivity index (χ1) is 7.74. The molecule has 1 aliphatic heterocycles. The van der Waals surface area contributed by atoms with Crippen LogP contribution >= 0.6 is 0 Å². The Kier molecular flexibility index (Phi) is 3.39. The number of hydrogen-bond acceptors (Lipinski definition) is 3. The lowest BCUT2D eigenvalue weighted by molar-refractivity contribution is -0.140. The first kappa shape index (κ1) is 11.3. The number of aliphatic hydroxyl groups is 1. The molecule has 88 valence electrons. The van der Waals surface area contributed by atoms with Crippen molar-refractivity contribution in [3.8, 4) is 0 Å². The summed E-state index contributed by atoms with van der Waals surface area (Å²) in [4.78, 5) is 25.0. The van der Waals surface area contributed by atoms with E-state index in [0.717, 1.165) is 25.7 Å². The van der Waals surface area contributed by atoms with E-state index in [4.69, 9.17) is 5.11 Å². The van der Waals surface area contributed by atoms with E-state index in [1.54, 1.807) is 0 Å². The molecule has 2 amide bonds. The van der Waals surface area contributed by atoms with Crippen LogP contribution in [0.3, 0.4) is 0 Å². The zero-order valence-electron chi connectivity index (χ0n) is 9.32. The molecule has 1 saturated carbocycles. The maximum Gasteiger partial charge on any atom is 0.257 e. The van der Waals surface area contributed by atoms with Crippen molar-refractivity contribution in [1.82, 2.24) is 4.90 Å². The van der Waals surface area contributed by atoms with Gasteiger partial charge in [0.1, 0.15) is 0 Å². The molecule has 0 atom stereocenters. The second-order valence-corrected chi connectivity index (χ2v) is 4.45. The number of nitrogens with zero attached hydrogens (tertiary/aromatic N) is 1. The molecular weight excluding hydrogens is 206 g/mol. The number of imide groups is 1. The van der Waals surface area contributed by atoms with Gasteiger partial charge in [-0.1, -0.05) is 19.3 Å². The molecule has 0 spiro atoms. The Hall–Kier alpha value is -1.16. The third-order valence-electron chi connectivity index (χ3n) is 3.35. The van der Waals surface area contributed by atoms with Gasteiger partial charge in [-0.25, -0.2) is 0 Å². The van der Waals surface area contributed by atoms with E-state index in [9.17, 15) is 9.59 Å². The normalized spacial score (nSPS) is 22.8. The van der Waals surface area contributed by atoms with Gasteiger partial charge in [-0.3, -0.25) is 14.5 Å². The summed E-state index contributed by atoms with van der Waals surface area (Å²) in [6.45, 7) is -0.0800. The molecule has 16 heavy (non-hydrogen) atoms. The summed E-state index contributed by atoms with van der Waals surface area (Å²) >= 11 is 0. The van der Waals surface area contributed by atoms with E-state index in [1.165, 1.54) is 17.4 Å². The average Bonchev–Trinajstić information content (AvgIpc) is 2.56. The minimum absolute atomic E-state index is 0.0800. The van der Waals surface area contributed by atoms with Crippen LogP contribution in [0, 0.1) is 0 Å². The fourth-order valence-corrected chi connectivity index (χ4v) is 2.52. The summed E-state index contributed by atoms with van der Waals surface area (Å²) in [5.41, 5.74) is 0.457. The van der Waals surface area contributed by atoms with Crippen LogP contribution in [0.1, 0.15) is 38.5 Å². The highest BCUT2D eigenvalue weighted by atomic mass is 16.3. The molecule has 1 fully saturated rings. The monoisotopic (exact) mass is 223 g/mol. The van der Waals surface area contributed by atoms with Gasteiger partial charge in [0.15, 0.2) is 0 Å². The molecule has 4 heteroatoms. The topological polar surface area (TPSA) is 57.6 Å². The van der Waals surface area contributed by atoms with Crippen LogP contribution in [0.5, 0.6) is 0 Å². The van der Waals surface area contributed by atoms with Crippen molar-refractivity contribution in [3.63, 3.8) is 0 Å². The minimum atomic E-state index is -0.194. The Morgan fingerprint density at radius 2 is 1.94 bits per heavy atom. The Bertz CT molecular complexity index is 329. The lowest BCUT2D eigenvalue weighted by Crippen LogP contribution is -2.41. The number of hydrogen-bond donors (Lipinski definition) is 1. The summed E-state index contributed by atoms with van der Waals surface area (Å²) in [6.07, 6.45) is 6.91. The largest absolute Gasteiger partial charge is 0.396 e. The van der Waals surface area contributed by atoms with Crippen LogP contribution in [0.4, 0.5) is 0 Å².